The first kappa shape index (κ1) is 21.2. The van der Waals surface area contributed by atoms with E-state index in [0.29, 0.717) is 36.3 Å². The molecule has 0 N–H and O–H groups in total. The number of nitrogens with zero attached hydrogens (tertiary/aromatic N) is 5. The Hall–Kier alpha value is -3.61. The smallest absolute Gasteiger partial charge is 0.259 e. The molecule has 1 atom stereocenters. The normalized spacial score (nSPS) is 16.3. The Labute approximate surface area is 192 Å². The van der Waals surface area contributed by atoms with Crippen LogP contribution in [-0.2, 0) is 6.42 Å². The van der Waals surface area contributed by atoms with Gasteiger partial charge in [-0.1, -0.05) is 18.2 Å². The van der Waals surface area contributed by atoms with Crippen molar-refractivity contribution in [3.63, 3.8) is 0 Å². The lowest BCUT2D eigenvalue weighted by atomic mass is 9.92. The van der Waals surface area contributed by atoms with E-state index in [9.17, 15) is 9.18 Å². The number of amides is 1. The molecule has 3 aromatic heterocycles. The number of fused-ring (bicyclic) bond motifs is 1. The van der Waals surface area contributed by atoms with Crippen molar-refractivity contribution in [2.24, 2.45) is 0 Å². The molecule has 0 aliphatic carbocycles. The molecule has 4 heterocycles. The summed E-state index contributed by atoms with van der Waals surface area (Å²) in [5, 5.41) is 4.31. The molecule has 0 saturated carbocycles. The molecule has 33 heavy (non-hydrogen) atoms. The molecule has 1 saturated heterocycles. The van der Waals surface area contributed by atoms with Gasteiger partial charge in [-0.2, -0.15) is 5.10 Å². The fraction of sp³-hybridized carbons (Fsp3) is 0.308. The Morgan fingerprint density at radius 1 is 1.18 bits per heavy atom. The molecule has 7 heteroatoms. The van der Waals surface area contributed by atoms with Crippen molar-refractivity contribution in [2.75, 3.05) is 13.1 Å². The molecule has 1 fully saturated rings. The minimum Gasteiger partial charge on any atom is -0.338 e. The number of hydrogen-bond donors (Lipinski definition) is 0. The van der Waals surface area contributed by atoms with E-state index in [1.54, 1.807) is 23.0 Å². The highest BCUT2D eigenvalue weighted by Gasteiger charge is 2.28. The Morgan fingerprint density at radius 2 is 2.03 bits per heavy atom. The lowest BCUT2D eigenvalue weighted by Gasteiger charge is -2.32. The van der Waals surface area contributed by atoms with E-state index in [-0.39, 0.29) is 17.6 Å². The second-order valence-corrected chi connectivity index (χ2v) is 8.86. The summed E-state index contributed by atoms with van der Waals surface area (Å²) in [5.41, 5.74) is 5.66. The van der Waals surface area contributed by atoms with Crippen molar-refractivity contribution in [1.82, 2.24) is 24.5 Å². The predicted molar refractivity (Wildman–Crippen MR) is 124 cm³/mol. The van der Waals surface area contributed by atoms with Crippen LogP contribution in [0.25, 0.3) is 5.65 Å². The van der Waals surface area contributed by atoms with Crippen LogP contribution in [0.1, 0.15) is 57.2 Å². The standard InChI is InChI=1S/C26H26FN5O/c1-17-13-28-25-22(14-29-32(25)15-17)26(33)31-9-5-7-21(16-31)24-12-19(10-18(2)30-24)11-20-6-3-4-8-23(20)27/h3-4,6,8,10,12-15,21H,5,7,9,11,16H2,1-2H3/t21-/m1/s1. The Balaban J connectivity index is 1.37. The molecule has 1 aromatic carbocycles. The maximum Gasteiger partial charge on any atom is 0.259 e. The predicted octanol–water partition coefficient (Wildman–Crippen LogP) is 4.49. The SMILES string of the molecule is Cc1cnc2c(C(=O)N3CCC[C@@H](c4cc(Cc5ccccc5F)cc(C)n4)C3)cnn2c1. The number of carbonyl (C=O) groups is 1. The van der Waals surface area contributed by atoms with Crippen LogP contribution < -0.4 is 0 Å². The van der Waals surface area contributed by atoms with Gasteiger partial charge in [-0.05, 0) is 61.6 Å². The lowest BCUT2D eigenvalue weighted by Crippen LogP contribution is -2.39. The number of pyridine rings is 1. The third-order valence-electron chi connectivity index (χ3n) is 6.23. The van der Waals surface area contributed by atoms with Crippen molar-refractivity contribution in [3.05, 3.63) is 94.4 Å². The van der Waals surface area contributed by atoms with Gasteiger partial charge in [-0.25, -0.2) is 13.9 Å². The van der Waals surface area contributed by atoms with E-state index < -0.39 is 0 Å². The average molecular weight is 444 g/mol. The highest BCUT2D eigenvalue weighted by atomic mass is 19.1. The Morgan fingerprint density at radius 3 is 2.88 bits per heavy atom. The summed E-state index contributed by atoms with van der Waals surface area (Å²) >= 11 is 0. The van der Waals surface area contributed by atoms with E-state index in [2.05, 4.69) is 16.1 Å². The van der Waals surface area contributed by atoms with Gasteiger partial charge in [0, 0.05) is 49.2 Å². The summed E-state index contributed by atoms with van der Waals surface area (Å²) < 4.78 is 15.8. The van der Waals surface area contributed by atoms with Gasteiger partial charge in [0.05, 0.1) is 6.20 Å². The molecule has 0 radical (unpaired) electrons. The summed E-state index contributed by atoms with van der Waals surface area (Å²) in [4.78, 5) is 24.4. The van der Waals surface area contributed by atoms with Crippen LogP contribution >= 0.6 is 0 Å². The van der Waals surface area contributed by atoms with Crippen LogP contribution in [0.15, 0.2) is 55.0 Å². The van der Waals surface area contributed by atoms with E-state index in [1.165, 1.54) is 6.07 Å². The summed E-state index contributed by atoms with van der Waals surface area (Å²) in [7, 11) is 0. The van der Waals surface area contributed by atoms with E-state index >= 15 is 0 Å². The Bertz CT molecular complexity index is 1330. The quantitative estimate of drug-likeness (QED) is 0.466. The molecule has 4 aromatic rings. The minimum atomic E-state index is -0.194. The molecule has 0 spiro atoms. The third-order valence-corrected chi connectivity index (χ3v) is 6.23. The van der Waals surface area contributed by atoms with Crippen molar-refractivity contribution >= 4 is 11.6 Å². The number of likely N-dealkylation sites (tertiary alicyclic amines) is 1. The second kappa shape index (κ2) is 8.73. The molecule has 1 aliphatic rings. The zero-order valence-electron chi connectivity index (χ0n) is 18.8. The van der Waals surface area contributed by atoms with E-state index in [4.69, 9.17) is 4.98 Å². The highest BCUT2D eigenvalue weighted by Crippen LogP contribution is 2.28. The van der Waals surface area contributed by atoms with Crippen LogP contribution in [0, 0.1) is 19.7 Å². The van der Waals surface area contributed by atoms with Gasteiger partial charge in [0.1, 0.15) is 11.4 Å². The number of halogens is 1. The van der Waals surface area contributed by atoms with E-state index in [1.807, 2.05) is 43.1 Å². The number of benzene rings is 1. The molecule has 6 nitrogen and oxygen atoms in total. The number of hydrogen-bond acceptors (Lipinski definition) is 4. The van der Waals surface area contributed by atoms with Crippen LogP contribution in [0.2, 0.25) is 0 Å². The first-order valence-corrected chi connectivity index (χ1v) is 11.3. The fourth-order valence-corrected chi connectivity index (χ4v) is 4.63. The topological polar surface area (TPSA) is 63.4 Å². The number of aromatic nitrogens is 4. The monoisotopic (exact) mass is 443 g/mol. The maximum absolute atomic E-state index is 14.2. The fourth-order valence-electron chi connectivity index (χ4n) is 4.63. The van der Waals surface area contributed by atoms with Crippen molar-refractivity contribution in [2.45, 2.75) is 39.0 Å². The molecule has 5 rings (SSSR count). The molecule has 1 aliphatic heterocycles. The molecular weight excluding hydrogens is 417 g/mol. The van der Waals surface area contributed by atoms with Gasteiger partial charge in [-0.3, -0.25) is 9.78 Å². The van der Waals surface area contributed by atoms with Gasteiger partial charge in [0.15, 0.2) is 5.65 Å². The van der Waals surface area contributed by atoms with Gasteiger partial charge >= 0.3 is 0 Å². The van der Waals surface area contributed by atoms with Crippen LogP contribution in [0.4, 0.5) is 4.39 Å². The maximum atomic E-state index is 14.2. The zero-order valence-corrected chi connectivity index (χ0v) is 18.8. The zero-order chi connectivity index (χ0) is 22.9. The number of piperidine rings is 1. The van der Waals surface area contributed by atoms with Crippen molar-refractivity contribution < 1.29 is 9.18 Å². The third kappa shape index (κ3) is 4.35. The van der Waals surface area contributed by atoms with Crippen molar-refractivity contribution in [3.8, 4) is 0 Å². The van der Waals surface area contributed by atoms with Gasteiger partial charge in [0.25, 0.3) is 5.91 Å². The largest absolute Gasteiger partial charge is 0.338 e. The minimum absolute atomic E-state index is 0.0507. The van der Waals surface area contributed by atoms with Gasteiger partial charge in [0.2, 0.25) is 0 Å². The summed E-state index contributed by atoms with van der Waals surface area (Å²) in [5.74, 6) is -0.107. The first-order chi connectivity index (χ1) is 16.0. The van der Waals surface area contributed by atoms with Crippen LogP contribution in [0.5, 0.6) is 0 Å². The summed E-state index contributed by atoms with van der Waals surface area (Å²) in [6.45, 7) is 5.21. The molecular formula is C26H26FN5O. The molecule has 0 unspecified atom stereocenters. The Kier molecular flexibility index (Phi) is 5.62. The molecule has 1 amide bonds. The van der Waals surface area contributed by atoms with E-state index in [0.717, 1.165) is 35.4 Å². The number of rotatable bonds is 4. The lowest BCUT2D eigenvalue weighted by molar-refractivity contribution is 0.0707. The summed E-state index contributed by atoms with van der Waals surface area (Å²) in [6, 6.07) is 10.9. The second-order valence-electron chi connectivity index (χ2n) is 8.86. The average Bonchev–Trinajstić information content (AvgIpc) is 3.23. The van der Waals surface area contributed by atoms with Crippen molar-refractivity contribution in [1.29, 1.82) is 0 Å². The molecule has 0 bridgehead atoms. The summed E-state index contributed by atoms with van der Waals surface area (Å²) in [6.07, 6.45) is 7.61. The number of carbonyl (C=O) groups excluding carboxylic acids is 1. The molecule has 168 valence electrons. The van der Waals surface area contributed by atoms with Crippen LogP contribution in [-0.4, -0.2) is 43.5 Å². The highest BCUT2D eigenvalue weighted by molar-refractivity contribution is 5.99. The first-order valence-electron chi connectivity index (χ1n) is 11.3. The van der Waals surface area contributed by atoms with Gasteiger partial charge < -0.3 is 4.90 Å². The number of aryl methyl sites for hydroxylation is 2. The van der Waals surface area contributed by atoms with Gasteiger partial charge in [-0.15, -0.1) is 0 Å². The van der Waals surface area contributed by atoms with Crippen LogP contribution in [0.3, 0.4) is 0 Å².